The Labute approximate surface area is 182 Å². The van der Waals surface area contributed by atoms with Gasteiger partial charge in [-0.05, 0) is 43.4 Å². The SMILES string of the molecule is CCCCCCCCC(CCCCCCc1ccc(F)c(F)c1)C(OC)(OC)OC. The van der Waals surface area contributed by atoms with E-state index in [9.17, 15) is 8.78 Å². The van der Waals surface area contributed by atoms with Crippen LogP contribution in [0, 0.1) is 17.6 Å². The van der Waals surface area contributed by atoms with E-state index in [-0.39, 0.29) is 5.92 Å². The molecule has 3 nitrogen and oxygen atoms in total. The summed E-state index contributed by atoms with van der Waals surface area (Å²) >= 11 is 0. The summed E-state index contributed by atoms with van der Waals surface area (Å²) in [5.74, 6) is -2.34. The topological polar surface area (TPSA) is 27.7 Å². The van der Waals surface area contributed by atoms with Gasteiger partial charge in [0.2, 0.25) is 0 Å². The highest BCUT2D eigenvalue weighted by Gasteiger charge is 2.39. The second kappa shape index (κ2) is 15.7. The minimum absolute atomic E-state index is 0.190. The average molecular weight is 429 g/mol. The summed E-state index contributed by atoms with van der Waals surface area (Å²) in [6.45, 7) is 2.23. The molecule has 0 aliphatic heterocycles. The van der Waals surface area contributed by atoms with Gasteiger partial charge in [-0.1, -0.05) is 70.8 Å². The van der Waals surface area contributed by atoms with Crippen LogP contribution in [0.2, 0.25) is 0 Å². The lowest BCUT2D eigenvalue weighted by Gasteiger charge is -2.36. The van der Waals surface area contributed by atoms with Gasteiger partial charge in [-0.3, -0.25) is 0 Å². The highest BCUT2D eigenvalue weighted by molar-refractivity contribution is 5.17. The van der Waals surface area contributed by atoms with Gasteiger partial charge in [0.1, 0.15) is 0 Å². The average Bonchev–Trinajstić information content (AvgIpc) is 2.76. The molecule has 0 bridgehead atoms. The van der Waals surface area contributed by atoms with Crippen molar-refractivity contribution in [1.29, 1.82) is 0 Å². The van der Waals surface area contributed by atoms with Crippen molar-refractivity contribution in [3.63, 3.8) is 0 Å². The fourth-order valence-electron chi connectivity index (χ4n) is 4.19. The number of aryl methyl sites for hydroxylation is 1. The van der Waals surface area contributed by atoms with Gasteiger partial charge in [-0.25, -0.2) is 8.78 Å². The summed E-state index contributed by atoms with van der Waals surface area (Å²) in [5.41, 5.74) is 0.854. The van der Waals surface area contributed by atoms with Crippen LogP contribution < -0.4 is 0 Å². The zero-order valence-corrected chi connectivity index (χ0v) is 19.5. The van der Waals surface area contributed by atoms with Crippen LogP contribution in [0.5, 0.6) is 0 Å². The Morgan fingerprint density at radius 3 is 1.80 bits per heavy atom. The quantitative estimate of drug-likeness (QED) is 0.180. The van der Waals surface area contributed by atoms with Crippen molar-refractivity contribution in [2.24, 2.45) is 5.92 Å². The van der Waals surface area contributed by atoms with Crippen LogP contribution in [0.15, 0.2) is 18.2 Å². The first-order chi connectivity index (χ1) is 14.5. The van der Waals surface area contributed by atoms with Crippen LogP contribution in [0.1, 0.15) is 89.5 Å². The number of hydrogen-bond acceptors (Lipinski definition) is 3. The standard InChI is InChI=1S/C25H42F2O3/c1-5-6-7-8-9-13-16-22(25(28-2,29-3)30-4)17-14-11-10-12-15-21-18-19-23(26)24(27)20-21/h18-20,22H,5-17H2,1-4H3. The molecular formula is C25H42F2O3. The Kier molecular flexibility index (Phi) is 14.1. The summed E-state index contributed by atoms with van der Waals surface area (Å²) in [6.07, 6.45) is 14.5. The first-order valence-corrected chi connectivity index (χ1v) is 11.6. The van der Waals surface area contributed by atoms with Gasteiger partial charge in [0.25, 0.3) is 5.97 Å². The van der Waals surface area contributed by atoms with E-state index in [1.54, 1.807) is 27.4 Å². The van der Waals surface area contributed by atoms with Crippen molar-refractivity contribution in [3.05, 3.63) is 35.4 Å². The molecule has 0 radical (unpaired) electrons. The molecule has 5 heteroatoms. The molecule has 0 aliphatic rings. The lowest BCUT2D eigenvalue weighted by atomic mass is 9.91. The summed E-state index contributed by atoms with van der Waals surface area (Å²) in [5, 5.41) is 0. The second-order valence-corrected chi connectivity index (χ2v) is 8.17. The van der Waals surface area contributed by atoms with E-state index in [0.717, 1.165) is 56.9 Å². The molecule has 0 aliphatic carbocycles. The first kappa shape index (κ1) is 27.0. The van der Waals surface area contributed by atoms with Gasteiger partial charge < -0.3 is 14.2 Å². The Hall–Kier alpha value is -1.04. The summed E-state index contributed by atoms with van der Waals surface area (Å²) in [4.78, 5) is 0. The van der Waals surface area contributed by atoms with E-state index < -0.39 is 17.6 Å². The third-order valence-corrected chi connectivity index (χ3v) is 6.01. The fraction of sp³-hybridized carbons (Fsp3) is 0.760. The minimum atomic E-state index is -0.977. The Bertz CT molecular complexity index is 553. The molecule has 0 fully saturated rings. The zero-order valence-electron chi connectivity index (χ0n) is 19.5. The van der Waals surface area contributed by atoms with Crippen LogP contribution in [-0.4, -0.2) is 27.3 Å². The molecule has 1 rings (SSSR count). The molecule has 0 N–H and O–H groups in total. The Morgan fingerprint density at radius 2 is 1.27 bits per heavy atom. The maximum Gasteiger partial charge on any atom is 0.285 e. The fourth-order valence-corrected chi connectivity index (χ4v) is 4.19. The summed E-state index contributed by atoms with van der Waals surface area (Å²) in [7, 11) is 4.93. The molecule has 1 unspecified atom stereocenters. The van der Waals surface area contributed by atoms with Gasteiger partial charge in [0.15, 0.2) is 11.6 Å². The Balaban J connectivity index is 2.39. The molecule has 174 valence electrons. The normalized spacial score (nSPS) is 13.0. The van der Waals surface area contributed by atoms with E-state index in [2.05, 4.69) is 6.92 Å². The third kappa shape index (κ3) is 9.40. The molecule has 0 amide bonds. The molecule has 30 heavy (non-hydrogen) atoms. The van der Waals surface area contributed by atoms with Crippen molar-refractivity contribution in [3.8, 4) is 0 Å². The Morgan fingerprint density at radius 1 is 0.733 bits per heavy atom. The van der Waals surface area contributed by atoms with E-state index in [1.807, 2.05) is 0 Å². The molecule has 1 aromatic rings. The smallest absolute Gasteiger partial charge is 0.285 e. The van der Waals surface area contributed by atoms with Crippen LogP contribution in [0.25, 0.3) is 0 Å². The molecule has 0 heterocycles. The van der Waals surface area contributed by atoms with Crippen molar-refractivity contribution < 1.29 is 23.0 Å². The largest absolute Gasteiger partial charge is 0.331 e. The lowest BCUT2D eigenvalue weighted by Crippen LogP contribution is -2.44. The maximum atomic E-state index is 13.3. The highest BCUT2D eigenvalue weighted by Crippen LogP contribution is 2.33. The van der Waals surface area contributed by atoms with Crippen LogP contribution >= 0.6 is 0 Å². The number of benzene rings is 1. The third-order valence-electron chi connectivity index (χ3n) is 6.01. The molecule has 0 spiro atoms. The van der Waals surface area contributed by atoms with Crippen molar-refractivity contribution >= 4 is 0 Å². The second-order valence-electron chi connectivity index (χ2n) is 8.17. The molecule has 0 aromatic heterocycles. The van der Waals surface area contributed by atoms with E-state index >= 15 is 0 Å². The number of methoxy groups -OCH3 is 3. The maximum absolute atomic E-state index is 13.3. The van der Waals surface area contributed by atoms with E-state index in [0.29, 0.717) is 0 Å². The monoisotopic (exact) mass is 428 g/mol. The predicted molar refractivity (Wildman–Crippen MR) is 118 cm³/mol. The van der Waals surface area contributed by atoms with Crippen molar-refractivity contribution in [1.82, 2.24) is 0 Å². The molecule has 0 saturated heterocycles. The minimum Gasteiger partial charge on any atom is -0.331 e. The van der Waals surface area contributed by atoms with Crippen LogP contribution in [0.4, 0.5) is 8.78 Å². The van der Waals surface area contributed by atoms with Crippen LogP contribution in [-0.2, 0) is 20.6 Å². The zero-order chi connectivity index (χ0) is 22.2. The summed E-state index contributed by atoms with van der Waals surface area (Å²) in [6, 6.07) is 4.17. The van der Waals surface area contributed by atoms with Gasteiger partial charge in [-0.2, -0.15) is 0 Å². The number of hydrogen-bond donors (Lipinski definition) is 0. The van der Waals surface area contributed by atoms with E-state index in [1.165, 1.54) is 44.2 Å². The molecular weight excluding hydrogens is 386 g/mol. The molecule has 1 atom stereocenters. The number of unbranched alkanes of at least 4 members (excludes halogenated alkanes) is 8. The van der Waals surface area contributed by atoms with Crippen molar-refractivity contribution in [2.75, 3.05) is 21.3 Å². The highest BCUT2D eigenvalue weighted by atomic mass is 19.2. The first-order valence-electron chi connectivity index (χ1n) is 11.6. The lowest BCUT2D eigenvalue weighted by molar-refractivity contribution is -0.380. The molecule has 0 saturated carbocycles. The molecule has 1 aromatic carbocycles. The predicted octanol–water partition coefficient (Wildman–Crippen LogP) is 7.42. The number of ether oxygens (including phenoxy) is 3. The van der Waals surface area contributed by atoms with Gasteiger partial charge >= 0.3 is 0 Å². The van der Waals surface area contributed by atoms with Crippen LogP contribution in [0.3, 0.4) is 0 Å². The number of halogens is 2. The summed E-state index contributed by atoms with van der Waals surface area (Å²) < 4.78 is 43.2. The van der Waals surface area contributed by atoms with Gasteiger partial charge in [-0.15, -0.1) is 0 Å². The number of rotatable bonds is 18. The van der Waals surface area contributed by atoms with Gasteiger partial charge in [0.05, 0.1) is 0 Å². The van der Waals surface area contributed by atoms with Gasteiger partial charge in [0, 0.05) is 27.2 Å². The van der Waals surface area contributed by atoms with Crippen molar-refractivity contribution in [2.45, 2.75) is 96.4 Å². The van der Waals surface area contributed by atoms with E-state index in [4.69, 9.17) is 14.2 Å².